The summed E-state index contributed by atoms with van der Waals surface area (Å²) in [5.74, 6) is 0.212. The molecule has 0 atom stereocenters. The molecule has 1 amide bonds. The Bertz CT molecular complexity index is 201. The molecule has 1 saturated heterocycles. The van der Waals surface area contributed by atoms with Gasteiger partial charge in [-0.25, -0.2) is 0 Å². The van der Waals surface area contributed by atoms with Crippen molar-refractivity contribution in [3.63, 3.8) is 0 Å². The van der Waals surface area contributed by atoms with Crippen molar-refractivity contribution in [2.75, 3.05) is 19.7 Å². The predicted molar refractivity (Wildman–Crippen MR) is 60.5 cm³/mol. The normalized spacial score (nSPS) is 15.5. The average molecular weight is 245 g/mol. The molecule has 1 rings (SSSR count). The topological polar surface area (TPSA) is 29.5 Å². The molecule has 0 aromatic rings. The fraction of sp³-hybridized carbons (Fsp3) is 0.714. The Balaban J connectivity index is 0.00000144. The summed E-state index contributed by atoms with van der Waals surface area (Å²) < 4.78 is 5.19. The number of carbonyl (C=O) groups is 1. The van der Waals surface area contributed by atoms with Gasteiger partial charge in [-0.1, -0.05) is 12.6 Å². The first kappa shape index (κ1) is 14.3. The zero-order valence-corrected chi connectivity index (χ0v) is 8.37. The molecule has 3 nitrogen and oxygen atoms in total. The summed E-state index contributed by atoms with van der Waals surface area (Å²) >= 11 is 8.41. The van der Waals surface area contributed by atoms with Gasteiger partial charge in [0.05, 0.1) is 6.54 Å². The Labute approximate surface area is 131 Å². The van der Waals surface area contributed by atoms with Crippen LogP contribution in [0.4, 0.5) is 0 Å². The minimum atomic E-state index is 0. The third-order valence-corrected chi connectivity index (χ3v) is 2.01. The van der Waals surface area contributed by atoms with Gasteiger partial charge in [-0.3, -0.25) is 4.79 Å². The molecule has 0 saturated carbocycles. The van der Waals surface area contributed by atoms with Crippen LogP contribution in [0.15, 0.2) is 0 Å². The number of nitrogens with zero attached hydrogens (tertiary/aromatic N) is 1. The molecule has 0 aromatic heterocycles. The number of thiol groups is 1. The van der Waals surface area contributed by atoms with Crippen molar-refractivity contribution >= 4 is 86.5 Å². The van der Waals surface area contributed by atoms with Gasteiger partial charge in [0.15, 0.2) is 0 Å². The van der Waals surface area contributed by atoms with Gasteiger partial charge in [-0.15, -0.1) is 0 Å². The number of hydrogen-bond donors (Lipinski definition) is 1. The van der Waals surface area contributed by atoms with Gasteiger partial charge < -0.3 is 9.64 Å². The Morgan fingerprint density at radius 1 is 1.69 bits per heavy atom. The van der Waals surface area contributed by atoms with Crippen molar-refractivity contribution in [2.24, 2.45) is 0 Å². The maximum absolute atomic E-state index is 11.1. The van der Waals surface area contributed by atoms with Crippen LogP contribution in [-0.2, 0) is 9.53 Å². The molecule has 13 heavy (non-hydrogen) atoms. The van der Waals surface area contributed by atoms with Gasteiger partial charge >= 0.3 is 51.4 Å². The van der Waals surface area contributed by atoms with Crippen molar-refractivity contribution in [3.05, 3.63) is 0 Å². The number of ether oxygens (including phenoxy) is 1. The van der Waals surface area contributed by atoms with E-state index < -0.39 is 0 Å². The summed E-state index contributed by atoms with van der Waals surface area (Å²) in [6, 6.07) is 0. The predicted octanol–water partition coefficient (Wildman–Crippen LogP) is 0.192. The van der Waals surface area contributed by atoms with Crippen LogP contribution in [0.2, 0.25) is 0 Å². The molecule has 1 heterocycles. The van der Waals surface area contributed by atoms with Crippen LogP contribution in [0.25, 0.3) is 0 Å². The van der Waals surface area contributed by atoms with Gasteiger partial charge in [0, 0.05) is 13.0 Å². The molecule has 0 bridgehead atoms. The van der Waals surface area contributed by atoms with Gasteiger partial charge in [0.1, 0.15) is 6.61 Å². The molecule has 0 N–H and O–H groups in total. The Hall–Kier alpha value is 1.35. The second-order valence-electron chi connectivity index (χ2n) is 2.60. The molecular weight excluding hydrogens is 233 g/mol. The molecule has 0 aromatic carbocycles. The van der Waals surface area contributed by atoms with E-state index in [9.17, 15) is 4.79 Å². The molecule has 0 radical (unpaired) electrons. The molecule has 1 aliphatic heterocycles. The first-order valence-electron chi connectivity index (χ1n) is 3.83. The van der Waals surface area contributed by atoms with E-state index in [1.807, 2.05) is 0 Å². The van der Waals surface area contributed by atoms with E-state index in [1.165, 1.54) is 0 Å². The summed E-state index contributed by atoms with van der Waals surface area (Å²) in [5.41, 5.74) is 0. The Morgan fingerprint density at radius 3 is 2.85 bits per heavy atom. The van der Waals surface area contributed by atoms with Gasteiger partial charge in [-0.2, -0.15) is 0 Å². The van der Waals surface area contributed by atoms with Crippen LogP contribution in [0.3, 0.4) is 0 Å². The van der Waals surface area contributed by atoms with E-state index in [1.54, 1.807) is 4.90 Å². The third-order valence-electron chi connectivity index (χ3n) is 1.76. The van der Waals surface area contributed by atoms with Crippen molar-refractivity contribution in [3.8, 4) is 0 Å². The zero-order chi connectivity index (χ0) is 8.97. The number of carbonyl (C=O) groups excluding carboxylic acids is 1. The minimum absolute atomic E-state index is 0. The molecular formula is C7H12KNO2S2. The first-order chi connectivity index (χ1) is 5.70. The maximum atomic E-state index is 11.1. The molecule has 0 spiro atoms. The van der Waals surface area contributed by atoms with E-state index in [0.29, 0.717) is 19.6 Å². The molecule has 1 aliphatic rings. The molecule has 70 valence electrons. The summed E-state index contributed by atoms with van der Waals surface area (Å²) in [5, 5.41) is 0. The molecule has 1 fully saturated rings. The fourth-order valence-corrected chi connectivity index (χ4v) is 1.36. The third kappa shape index (κ3) is 5.71. The van der Waals surface area contributed by atoms with Gasteiger partial charge in [-0.05, 0) is 18.6 Å². The van der Waals surface area contributed by atoms with Gasteiger partial charge in [0.2, 0.25) is 10.3 Å². The number of amides is 1. The molecule has 6 heteroatoms. The monoisotopic (exact) mass is 245 g/mol. The zero-order valence-electron chi connectivity index (χ0n) is 6.65. The first-order valence-corrected chi connectivity index (χ1v) is 4.69. The van der Waals surface area contributed by atoms with Crippen LogP contribution < -0.4 is 0 Å². The second-order valence-corrected chi connectivity index (χ2v) is 3.68. The van der Waals surface area contributed by atoms with E-state index >= 15 is 0 Å². The number of hydrogen-bond acceptors (Lipinski definition) is 3. The summed E-state index contributed by atoms with van der Waals surface area (Å²) in [7, 11) is 0. The summed E-state index contributed by atoms with van der Waals surface area (Å²) in [6.45, 7) is 1.93. The second kappa shape index (κ2) is 7.61. The summed E-state index contributed by atoms with van der Waals surface area (Å²) in [6.07, 6.45) is 1.63. The van der Waals surface area contributed by atoms with Gasteiger partial charge in [0.25, 0.3) is 0 Å². The molecule has 0 unspecified atom stereocenters. The average Bonchev–Trinajstić information content (AvgIpc) is 2.36. The van der Waals surface area contributed by atoms with E-state index in [4.69, 9.17) is 4.74 Å². The Morgan fingerprint density at radius 2 is 2.38 bits per heavy atom. The number of thiocarbonyl (C=S) groups is 1. The van der Waals surface area contributed by atoms with E-state index in [2.05, 4.69) is 24.8 Å². The van der Waals surface area contributed by atoms with Crippen LogP contribution in [0.1, 0.15) is 12.8 Å². The van der Waals surface area contributed by atoms with Crippen LogP contribution >= 0.6 is 24.8 Å². The van der Waals surface area contributed by atoms with Crippen molar-refractivity contribution in [1.82, 2.24) is 4.90 Å². The quantitative estimate of drug-likeness (QED) is 0.437. The van der Waals surface area contributed by atoms with Crippen LogP contribution in [0, 0.1) is 0 Å². The number of rotatable bonds is 3. The van der Waals surface area contributed by atoms with Crippen molar-refractivity contribution < 1.29 is 9.53 Å². The number of likely N-dealkylation sites (tertiary alicyclic amines) is 1. The van der Waals surface area contributed by atoms with Crippen LogP contribution in [0.5, 0.6) is 0 Å². The Kier molecular flexibility index (Phi) is 8.40. The van der Waals surface area contributed by atoms with Crippen molar-refractivity contribution in [1.29, 1.82) is 0 Å². The SMILES string of the molecule is O=C1CCCN1CCOC(=S)S.[KH]. The van der Waals surface area contributed by atoms with E-state index in [0.717, 1.165) is 13.0 Å². The standard InChI is InChI=1S/C7H11NO2S2.K.H/c9-6-2-1-3-8(6)4-5-10-7(11)12;;/h1-5H2,(H,11,12);;. The van der Waals surface area contributed by atoms with Crippen molar-refractivity contribution in [2.45, 2.75) is 12.8 Å². The fourth-order valence-electron chi connectivity index (χ4n) is 1.18. The molecule has 0 aliphatic carbocycles. The summed E-state index contributed by atoms with van der Waals surface area (Å²) in [4.78, 5) is 12.9. The van der Waals surface area contributed by atoms with Crippen LogP contribution in [-0.4, -0.2) is 86.3 Å². The van der Waals surface area contributed by atoms with E-state index in [-0.39, 0.29) is 61.7 Å².